The van der Waals surface area contributed by atoms with Gasteiger partial charge in [0.1, 0.15) is 0 Å². The molecule has 0 aliphatic carbocycles. The van der Waals surface area contributed by atoms with Gasteiger partial charge in [0.2, 0.25) is 5.62 Å². The van der Waals surface area contributed by atoms with Crippen LogP contribution in [0.5, 0.6) is 0 Å². The van der Waals surface area contributed by atoms with Gasteiger partial charge in [0.15, 0.2) is 0 Å². The summed E-state index contributed by atoms with van der Waals surface area (Å²) in [6, 6.07) is 4.74. The topological polar surface area (TPSA) is 77.7 Å². The lowest BCUT2D eigenvalue weighted by Gasteiger charge is -1.94. The molecule has 2 aromatic rings. The highest BCUT2D eigenvalue weighted by Crippen LogP contribution is 2.19. The SMILES string of the molecule is CC(C)=NN=c1n(C)c2ccc([N+](=O)[O-])cc2n1C. The van der Waals surface area contributed by atoms with E-state index < -0.39 is 4.92 Å². The van der Waals surface area contributed by atoms with Crippen molar-refractivity contribution >= 4 is 22.4 Å². The highest BCUT2D eigenvalue weighted by atomic mass is 16.6. The first-order valence-electron chi connectivity index (χ1n) is 5.76. The first kappa shape index (κ1) is 13.0. The van der Waals surface area contributed by atoms with E-state index in [1.165, 1.54) is 12.1 Å². The predicted octanol–water partition coefficient (Wildman–Crippen LogP) is 1.72. The zero-order valence-electron chi connectivity index (χ0n) is 11.3. The Hall–Kier alpha value is -2.44. The third-order valence-corrected chi connectivity index (χ3v) is 2.83. The van der Waals surface area contributed by atoms with E-state index in [-0.39, 0.29) is 5.69 Å². The van der Waals surface area contributed by atoms with Crippen LogP contribution in [0.3, 0.4) is 0 Å². The number of non-ortho nitro benzene ring substituents is 1. The van der Waals surface area contributed by atoms with Crippen LogP contribution in [-0.4, -0.2) is 19.8 Å². The lowest BCUT2D eigenvalue weighted by Crippen LogP contribution is -2.21. The summed E-state index contributed by atoms with van der Waals surface area (Å²) >= 11 is 0. The van der Waals surface area contributed by atoms with Crippen molar-refractivity contribution in [2.75, 3.05) is 0 Å². The number of hydrogen-bond donors (Lipinski definition) is 0. The molecule has 1 aromatic carbocycles. The van der Waals surface area contributed by atoms with Crippen molar-refractivity contribution in [3.8, 4) is 0 Å². The minimum Gasteiger partial charge on any atom is -0.312 e. The van der Waals surface area contributed by atoms with E-state index in [0.29, 0.717) is 5.62 Å². The molecule has 0 aliphatic rings. The zero-order chi connectivity index (χ0) is 14.2. The maximum Gasteiger partial charge on any atom is 0.271 e. The highest BCUT2D eigenvalue weighted by molar-refractivity contribution is 5.79. The number of hydrogen-bond acceptors (Lipinski definition) is 4. The molecule has 2 rings (SSSR count). The normalized spacial score (nSPS) is 11.9. The number of fused-ring (bicyclic) bond motifs is 1. The quantitative estimate of drug-likeness (QED) is 0.469. The number of nitrogens with zero attached hydrogens (tertiary/aromatic N) is 5. The maximum atomic E-state index is 10.8. The van der Waals surface area contributed by atoms with Gasteiger partial charge in [-0.2, -0.15) is 5.10 Å². The molecule has 0 bridgehead atoms. The van der Waals surface area contributed by atoms with Gasteiger partial charge >= 0.3 is 0 Å². The molecule has 1 aromatic heterocycles. The van der Waals surface area contributed by atoms with E-state index in [1.54, 1.807) is 10.6 Å². The van der Waals surface area contributed by atoms with E-state index in [2.05, 4.69) is 10.2 Å². The van der Waals surface area contributed by atoms with Crippen LogP contribution in [0.1, 0.15) is 13.8 Å². The Morgan fingerprint density at radius 1 is 1.21 bits per heavy atom. The summed E-state index contributed by atoms with van der Waals surface area (Å²) in [5.41, 5.74) is 3.17. The fourth-order valence-electron chi connectivity index (χ4n) is 1.90. The van der Waals surface area contributed by atoms with Gasteiger partial charge in [0, 0.05) is 31.9 Å². The van der Waals surface area contributed by atoms with Gasteiger partial charge in [0.05, 0.1) is 16.0 Å². The molecule has 0 saturated carbocycles. The second kappa shape index (κ2) is 4.68. The number of aryl methyl sites for hydroxylation is 2. The fraction of sp³-hybridized carbons (Fsp3) is 0.333. The maximum absolute atomic E-state index is 10.8. The minimum absolute atomic E-state index is 0.0652. The Morgan fingerprint density at radius 3 is 2.42 bits per heavy atom. The van der Waals surface area contributed by atoms with Crippen molar-refractivity contribution in [2.45, 2.75) is 13.8 Å². The Kier molecular flexibility index (Phi) is 3.20. The van der Waals surface area contributed by atoms with Crippen LogP contribution in [0.4, 0.5) is 5.69 Å². The summed E-state index contributed by atoms with van der Waals surface area (Å²) in [5, 5.41) is 19.0. The van der Waals surface area contributed by atoms with Gasteiger partial charge in [-0.3, -0.25) is 10.1 Å². The fourth-order valence-corrected chi connectivity index (χ4v) is 1.90. The smallest absolute Gasteiger partial charge is 0.271 e. The van der Waals surface area contributed by atoms with E-state index in [0.717, 1.165) is 16.7 Å². The molecule has 0 saturated heterocycles. The molecule has 0 unspecified atom stereocenters. The number of rotatable bonds is 2. The first-order valence-corrected chi connectivity index (χ1v) is 5.76. The van der Waals surface area contributed by atoms with Crippen LogP contribution >= 0.6 is 0 Å². The molecule has 0 aliphatic heterocycles. The van der Waals surface area contributed by atoms with E-state index >= 15 is 0 Å². The highest BCUT2D eigenvalue weighted by Gasteiger charge is 2.11. The summed E-state index contributed by atoms with van der Waals surface area (Å²) in [6.07, 6.45) is 0. The van der Waals surface area contributed by atoms with Crippen molar-refractivity contribution in [1.29, 1.82) is 0 Å². The van der Waals surface area contributed by atoms with Crippen molar-refractivity contribution in [1.82, 2.24) is 9.13 Å². The van der Waals surface area contributed by atoms with Crippen LogP contribution in [0.15, 0.2) is 28.4 Å². The number of aromatic nitrogens is 2. The number of nitro groups is 1. The number of imidazole rings is 1. The molecule has 1 heterocycles. The Morgan fingerprint density at radius 2 is 1.84 bits per heavy atom. The zero-order valence-corrected chi connectivity index (χ0v) is 11.3. The van der Waals surface area contributed by atoms with E-state index in [4.69, 9.17) is 0 Å². The van der Waals surface area contributed by atoms with E-state index in [9.17, 15) is 10.1 Å². The lowest BCUT2D eigenvalue weighted by atomic mass is 10.3. The van der Waals surface area contributed by atoms with Gasteiger partial charge in [0.25, 0.3) is 5.69 Å². The van der Waals surface area contributed by atoms with Gasteiger partial charge in [-0.15, -0.1) is 5.10 Å². The molecule has 0 atom stereocenters. The molecule has 19 heavy (non-hydrogen) atoms. The summed E-state index contributed by atoms with van der Waals surface area (Å²) in [6.45, 7) is 3.72. The van der Waals surface area contributed by atoms with E-state index in [1.807, 2.05) is 32.5 Å². The Labute approximate surface area is 109 Å². The largest absolute Gasteiger partial charge is 0.312 e. The summed E-state index contributed by atoms with van der Waals surface area (Å²) in [4.78, 5) is 10.4. The molecule has 100 valence electrons. The summed E-state index contributed by atoms with van der Waals surface area (Å²) in [5.74, 6) is 0. The Balaban J connectivity index is 2.79. The lowest BCUT2D eigenvalue weighted by molar-refractivity contribution is -0.384. The third kappa shape index (κ3) is 2.26. The van der Waals surface area contributed by atoms with Crippen LogP contribution in [0.2, 0.25) is 0 Å². The number of nitro benzene ring substituents is 1. The summed E-state index contributed by atoms with van der Waals surface area (Å²) in [7, 11) is 3.67. The standard InChI is InChI=1S/C12H15N5O2/c1-8(2)13-14-12-15(3)10-6-5-9(17(18)19)7-11(10)16(12)4/h5-7H,1-4H3. The van der Waals surface area contributed by atoms with Crippen LogP contribution < -0.4 is 5.62 Å². The average molecular weight is 261 g/mol. The molecule has 0 N–H and O–H groups in total. The summed E-state index contributed by atoms with van der Waals surface area (Å²) < 4.78 is 3.64. The molecule has 7 heteroatoms. The second-order valence-corrected chi connectivity index (χ2v) is 4.50. The van der Waals surface area contributed by atoms with Crippen molar-refractivity contribution < 1.29 is 4.92 Å². The Bertz CT molecular complexity index is 747. The van der Waals surface area contributed by atoms with Gasteiger partial charge in [-0.1, -0.05) is 0 Å². The second-order valence-electron chi connectivity index (χ2n) is 4.50. The van der Waals surface area contributed by atoms with Gasteiger partial charge in [-0.25, -0.2) is 0 Å². The van der Waals surface area contributed by atoms with Crippen LogP contribution in [-0.2, 0) is 14.1 Å². The van der Waals surface area contributed by atoms with Crippen molar-refractivity contribution in [2.24, 2.45) is 24.3 Å². The molecule has 0 amide bonds. The minimum atomic E-state index is -0.405. The third-order valence-electron chi connectivity index (χ3n) is 2.83. The monoisotopic (exact) mass is 261 g/mol. The molecular weight excluding hydrogens is 246 g/mol. The van der Waals surface area contributed by atoms with Crippen LogP contribution in [0, 0.1) is 10.1 Å². The van der Waals surface area contributed by atoms with Gasteiger partial charge < -0.3 is 9.13 Å². The van der Waals surface area contributed by atoms with Gasteiger partial charge in [-0.05, 0) is 19.9 Å². The van der Waals surface area contributed by atoms with Crippen molar-refractivity contribution in [3.05, 3.63) is 33.9 Å². The predicted molar refractivity (Wildman–Crippen MR) is 72.9 cm³/mol. The molecule has 0 radical (unpaired) electrons. The molecular formula is C12H15N5O2. The average Bonchev–Trinajstić information content (AvgIpc) is 2.59. The first-order chi connectivity index (χ1) is 8.91. The molecule has 0 fully saturated rings. The molecule has 7 nitrogen and oxygen atoms in total. The number of benzene rings is 1. The van der Waals surface area contributed by atoms with Crippen LogP contribution in [0.25, 0.3) is 11.0 Å². The van der Waals surface area contributed by atoms with Crippen molar-refractivity contribution in [3.63, 3.8) is 0 Å². The molecule has 0 spiro atoms.